The average molecular weight is 393 g/mol. The van der Waals surface area contributed by atoms with E-state index in [-0.39, 0.29) is 18.7 Å². The van der Waals surface area contributed by atoms with Crippen LogP contribution in [0.2, 0.25) is 0 Å². The first-order valence-electron chi connectivity index (χ1n) is 9.38. The first-order valence-corrected chi connectivity index (χ1v) is 9.38. The van der Waals surface area contributed by atoms with Crippen molar-refractivity contribution in [2.45, 2.75) is 31.8 Å². The maximum absolute atomic E-state index is 13.9. The summed E-state index contributed by atoms with van der Waals surface area (Å²) in [6.07, 6.45) is 2.22. The predicted molar refractivity (Wildman–Crippen MR) is 104 cm³/mol. The standard InChI is InChI=1S/C22H20FN3O3/c23-17-8-4-3-7-16(17)19-12-25-20(29-19)9-10-21(27)26-13-15-6-2-1-5-14(15)11-18(26)22(24)28/h1-8,12,18H,9-11,13H2,(H2,24,28)/t18-/m0/s1. The zero-order chi connectivity index (χ0) is 20.4. The third-order valence-electron chi connectivity index (χ3n) is 5.14. The number of rotatable bonds is 5. The Kier molecular flexibility index (Phi) is 5.12. The topological polar surface area (TPSA) is 89.4 Å². The lowest BCUT2D eigenvalue weighted by atomic mass is 9.93. The lowest BCUT2D eigenvalue weighted by Gasteiger charge is -2.35. The number of nitrogens with zero attached hydrogens (tertiary/aromatic N) is 2. The highest BCUT2D eigenvalue weighted by molar-refractivity contribution is 5.87. The van der Waals surface area contributed by atoms with Crippen molar-refractivity contribution in [1.82, 2.24) is 9.88 Å². The van der Waals surface area contributed by atoms with Crippen molar-refractivity contribution < 1.29 is 18.4 Å². The Hall–Kier alpha value is -3.48. The molecule has 0 bridgehead atoms. The highest BCUT2D eigenvalue weighted by Gasteiger charge is 2.33. The molecule has 0 spiro atoms. The molecule has 2 heterocycles. The van der Waals surface area contributed by atoms with Crippen LogP contribution in [0.1, 0.15) is 23.4 Å². The second kappa shape index (κ2) is 7.87. The van der Waals surface area contributed by atoms with Gasteiger partial charge >= 0.3 is 0 Å². The van der Waals surface area contributed by atoms with Gasteiger partial charge in [0, 0.05) is 25.8 Å². The largest absolute Gasteiger partial charge is 0.441 e. The van der Waals surface area contributed by atoms with E-state index in [0.717, 1.165) is 11.1 Å². The minimum atomic E-state index is -0.670. The smallest absolute Gasteiger partial charge is 0.240 e. The van der Waals surface area contributed by atoms with E-state index >= 15 is 0 Å². The van der Waals surface area contributed by atoms with Crippen molar-refractivity contribution in [1.29, 1.82) is 0 Å². The van der Waals surface area contributed by atoms with Crippen LogP contribution in [0.5, 0.6) is 0 Å². The molecule has 7 heteroatoms. The molecule has 2 amide bonds. The summed E-state index contributed by atoms with van der Waals surface area (Å²) in [7, 11) is 0. The Morgan fingerprint density at radius 2 is 1.86 bits per heavy atom. The summed E-state index contributed by atoms with van der Waals surface area (Å²) in [4.78, 5) is 30.4. The molecule has 1 aromatic heterocycles. The lowest BCUT2D eigenvalue weighted by molar-refractivity contribution is -0.140. The van der Waals surface area contributed by atoms with E-state index in [1.165, 1.54) is 17.2 Å². The first-order chi connectivity index (χ1) is 14.0. The molecule has 1 aliphatic rings. The zero-order valence-electron chi connectivity index (χ0n) is 15.7. The van der Waals surface area contributed by atoms with Crippen LogP contribution in [0.25, 0.3) is 11.3 Å². The van der Waals surface area contributed by atoms with Gasteiger partial charge in [0.25, 0.3) is 0 Å². The lowest BCUT2D eigenvalue weighted by Crippen LogP contribution is -2.51. The number of halogens is 1. The second-order valence-corrected chi connectivity index (χ2v) is 7.01. The van der Waals surface area contributed by atoms with Gasteiger partial charge < -0.3 is 15.1 Å². The molecular formula is C22H20FN3O3. The molecule has 3 aromatic rings. The van der Waals surface area contributed by atoms with Crippen LogP contribution >= 0.6 is 0 Å². The SMILES string of the molecule is NC(=O)[C@@H]1Cc2ccccc2CN1C(=O)CCc1ncc(-c2ccccc2F)o1. The Labute approximate surface area is 167 Å². The van der Waals surface area contributed by atoms with Crippen LogP contribution < -0.4 is 5.73 Å². The molecular weight excluding hydrogens is 373 g/mol. The molecule has 0 unspecified atom stereocenters. The van der Waals surface area contributed by atoms with Gasteiger partial charge in [-0.2, -0.15) is 0 Å². The van der Waals surface area contributed by atoms with Gasteiger partial charge in [0.1, 0.15) is 11.9 Å². The quantitative estimate of drug-likeness (QED) is 0.722. The van der Waals surface area contributed by atoms with Crippen LogP contribution in [0, 0.1) is 5.82 Å². The number of nitrogens with two attached hydrogens (primary N) is 1. The molecule has 0 aliphatic carbocycles. The number of benzene rings is 2. The molecule has 2 N–H and O–H groups in total. The number of carbonyl (C=O) groups excluding carboxylic acids is 2. The number of primary amides is 1. The number of oxazole rings is 1. The molecule has 2 aromatic carbocycles. The van der Waals surface area contributed by atoms with Crippen LogP contribution in [0.15, 0.2) is 59.1 Å². The number of aromatic nitrogens is 1. The van der Waals surface area contributed by atoms with Gasteiger partial charge in [-0.1, -0.05) is 36.4 Å². The third-order valence-corrected chi connectivity index (χ3v) is 5.14. The summed E-state index contributed by atoms with van der Waals surface area (Å²) >= 11 is 0. The zero-order valence-corrected chi connectivity index (χ0v) is 15.7. The molecule has 4 rings (SSSR count). The molecule has 148 valence electrons. The fourth-order valence-corrected chi connectivity index (χ4v) is 3.61. The summed E-state index contributed by atoms with van der Waals surface area (Å²) in [6.45, 7) is 0.342. The monoisotopic (exact) mass is 393 g/mol. The van der Waals surface area contributed by atoms with Gasteiger partial charge in [-0.05, 0) is 23.3 Å². The Morgan fingerprint density at radius 3 is 2.62 bits per heavy atom. The number of fused-ring (bicyclic) bond motifs is 1. The minimum absolute atomic E-state index is 0.114. The summed E-state index contributed by atoms with van der Waals surface area (Å²) in [5, 5.41) is 0. The van der Waals surface area contributed by atoms with E-state index in [0.29, 0.717) is 30.2 Å². The molecule has 0 fully saturated rings. The van der Waals surface area contributed by atoms with Crippen LogP contribution in [0.3, 0.4) is 0 Å². The summed E-state index contributed by atoms with van der Waals surface area (Å²) in [5.41, 5.74) is 7.90. The minimum Gasteiger partial charge on any atom is -0.441 e. The summed E-state index contributed by atoms with van der Waals surface area (Å²) < 4.78 is 19.5. The Morgan fingerprint density at radius 1 is 1.14 bits per heavy atom. The second-order valence-electron chi connectivity index (χ2n) is 7.01. The summed E-state index contributed by atoms with van der Waals surface area (Å²) in [6, 6.07) is 13.3. The predicted octanol–water partition coefficient (Wildman–Crippen LogP) is 2.85. The Balaban J connectivity index is 1.46. The molecule has 1 atom stereocenters. The van der Waals surface area contributed by atoms with E-state index in [1.807, 2.05) is 24.3 Å². The van der Waals surface area contributed by atoms with Crippen LogP contribution in [0.4, 0.5) is 4.39 Å². The third kappa shape index (κ3) is 3.89. The van der Waals surface area contributed by atoms with Crippen molar-refractivity contribution in [3.63, 3.8) is 0 Å². The maximum Gasteiger partial charge on any atom is 0.240 e. The number of aryl methyl sites for hydroxylation is 1. The highest BCUT2D eigenvalue weighted by Crippen LogP contribution is 2.26. The van der Waals surface area contributed by atoms with E-state index in [9.17, 15) is 14.0 Å². The van der Waals surface area contributed by atoms with Gasteiger partial charge in [-0.25, -0.2) is 9.37 Å². The molecule has 6 nitrogen and oxygen atoms in total. The fourth-order valence-electron chi connectivity index (χ4n) is 3.61. The number of amides is 2. The number of carbonyl (C=O) groups is 2. The van der Waals surface area contributed by atoms with Crippen molar-refractivity contribution >= 4 is 11.8 Å². The van der Waals surface area contributed by atoms with E-state index in [1.54, 1.807) is 18.2 Å². The van der Waals surface area contributed by atoms with E-state index in [4.69, 9.17) is 10.2 Å². The van der Waals surface area contributed by atoms with Crippen LogP contribution in [-0.4, -0.2) is 27.7 Å². The highest BCUT2D eigenvalue weighted by atomic mass is 19.1. The molecule has 0 saturated heterocycles. The number of hydrogen-bond acceptors (Lipinski definition) is 4. The van der Waals surface area contributed by atoms with Gasteiger partial charge in [0.15, 0.2) is 11.7 Å². The van der Waals surface area contributed by atoms with Gasteiger partial charge in [-0.15, -0.1) is 0 Å². The van der Waals surface area contributed by atoms with Gasteiger partial charge in [0.05, 0.1) is 11.8 Å². The molecule has 1 aliphatic heterocycles. The summed E-state index contributed by atoms with van der Waals surface area (Å²) in [5.74, 6) is -0.473. The normalized spacial score (nSPS) is 15.8. The van der Waals surface area contributed by atoms with Crippen molar-refractivity contribution in [3.8, 4) is 11.3 Å². The van der Waals surface area contributed by atoms with Crippen molar-refractivity contribution in [2.24, 2.45) is 5.73 Å². The van der Waals surface area contributed by atoms with Gasteiger partial charge in [-0.3, -0.25) is 9.59 Å². The molecule has 29 heavy (non-hydrogen) atoms. The van der Waals surface area contributed by atoms with E-state index < -0.39 is 17.8 Å². The van der Waals surface area contributed by atoms with Crippen LogP contribution in [-0.2, 0) is 29.0 Å². The van der Waals surface area contributed by atoms with Crippen molar-refractivity contribution in [3.05, 3.63) is 77.6 Å². The molecule has 0 radical (unpaired) electrons. The number of hydrogen-bond donors (Lipinski definition) is 1. The maximum atomic E-state index is 13.9. The first kappa shape index (κ1) is 18.9. The van der Waals surface area contributed by atoms with Crippen molar-refractivity contribution in [2.75, 3.05) is 0 Å². The Bertz CT molecular complexity index is 1060. The van der Waals surface area contributed by atoms with E-state index in [2.05, 4.69) is 4.98 Å². The average Bonchev–Trinajstić information content (AvgIpc) is 3.20. The van der Waals surface area contributed by atoms with Gasteiger partial charge in [0.2, 0.25) is 11.8 Å². The fraction of sp³-hybridized carbons (Fsp3) is 0.227. The molecule has 0 saturated carbocycles.